The number of guanidine groups is 1. The van der Waals surface area contributed by atoms with E-state index in [9.17, 15) is 9.90 Å². The molecule has 8 nitrogen and oxygen atoms in total. The van der Waals surface area contributed by atoms with Crippen LogP contribution >= 0.6 is 24.0 Å². The summed E-state index contributed by atoms with van der Waals surface area (Å²) in [4.78, 5) is 18.2. The fourth-order valence-corrected chi connectivity index (χ4v) is 2.95. The van der Waals surface area contributed by atoms with Gasteiger partial charge in [-0.05, 0) is 38.3 Å². The van der Waals surface area contributed by atoms with E-state index in [2.05, 4.69) is 15.6 Å². The summed E-state index contributed by atoms with van der Waals surface area (Å²) in [5.74, 6) is 1.59. The molecule has 0 aliphatic carbocycles. The molecule has 1 aliphatic heterocycles. The first-order chi connectivity index (χ1) is 13.2. The molecule has 1 aromatic rings. The molecule has 0 saturated carbocycles. The number of carbonyl (C=O) groups is 1. The van der Waals surface area contributed by atoms with Gasteiger partial charge in [-0.3, -0.25) is 4.99 Å². The second kappa shape index (κ2) is 13.6. The smallest absolute Gasteiger partial charge is 0.409 e. The minimum Gasteiger partial charge on any atom is -0.469 e. The van der Waals surface area contributed by atoms with E-state index in [1.807, 2.05) is 26.0 Å². The molecule has 28 heavy (non-hydrogen) atoms. The summed E-state index contributed by atoms with van der Waals surface area (Å²) in [6.07, 6.45) is 4.59. The Hall–Kier alpha value is -1.49. The van der Waals surface area contributed by atoms with Gasteiger partial charge in [0.1, 0.15) is 5.76 Å². The van der Waals surface area contributed by atoms with Gasteiger partial charge in [0, 0.05) is 32.1 Å². The Kier molecular flexibility index (Phi) is 12.0. The number of halogens is 1. The molecule has 0 unspecified atom stereocenters. The van der Waals surface area contributed by atoms with E-state index in [-0.39, 0.29) is 48.8 Å². The lowest BCUT2D eigenvalue weighted by Crippen LogP contribution is -2.52. The minimum atomic E-state index is -0.243. The molecule has 2 heterocycles. The van der Waals surface area contributed by atoms with Crippen molar-refractivity contribution >= 4 is 36.0 Å². The van der Waals surface area contributed by atoms with Gasteiger partial charge in [0.15, 0.2) is 5.96 Å². The lowest BCUT2D eigenvalue weighted by atomic mass is 10.1. The van der Waals surface area contributed by atoms with Crippen LogP contribution in [0.5, 0.6) is 0 Å². The summed E-state index contributed by atoms with van der Waals surface area (Å²) in [6, 6.07) is 3.98. The molecule has 3 N–H and O–H groups in total. The Labute approximate surface area is 184 Å². The Morgan fingerprint density at radius 2 is 2.18 bits per heavy atom. The minimum absolute atomic E-state index is 0. The van der Waals surface area contributed by atoms with Gasteiger partial charge in [0.25, 0.3) is 0 Å². The van der Waals surface area contributed by atoms with Crippen molar-refractivity contribution in [2.45, 2.75) is 51.6 Å². The lowest BCUT2D eigenvalue weighted by Gasteiger charge is -2.33. The Morgan fingerprint density at radius 3 is 2.75 bits per heavy atom. The topological polar surface area (TPSA) is 99.3 Å². The molecule has 0 radical (unpaired) electrons. The maximum Gasteiger partial charge on any atom is 0.409 e. The monoisotopic (exact) mass is 508 g/mol. The summed E-state index contributed by atoms with van der Waals surface area (Å²) in [5.41, 5.74) is 0. The number of carbonyl (C=O) groups excluding carboxylic acids is 1. The molecule has 0 bridgehead atoms. The first kappa shape index (κ1) is 24.5. The number of hydrogen-bond acceptors (Lipinski definition) is 5. The molecule has 2 rings (SSSR count). The number of nitrogens with one attached hydrogen (secondary N) is 2. The predicted molar refractivity (Wildman–Crippen MR) is 119 cm³/mol. The Bertz CT molecular complexity index is 570. The number of aliphatic hydroxyl groups is 1. The highest BCUT2D eigenvalue weighted by Gasteiger charge is 2.24. The van der Waals surface area contributed by atoms with Crippen LogP contribution in [0.2, 0.25) is 0 Å². The van der Waals surface area contributed by atoms with Gasteiger partial charge in [-0.15, -0.1) is 24.0 Å². The third-order valence-corrected chi connectivity index (χ3v) is 4.62. The quantitative estimate of drug-likeness (QED) is 0.283. The molecule has 0 aromatic carbocycles. The third kappa shape index (κ3) is 8.26. The van der Waals surface area contributed by atoms with Crippen molar-refractivity contribution in [3.05, 3.63) is 24.2 Å². The summed E-state index contributed by atoms with van der Waals surface area (Å²) in [6.45, 7) is 6.19. The van der Waals surface area contributed by atoms with Crippen molar-refractivity contribution < 1.29 is 19.1 Å². The molecule has 1 aromatic heterocycles. The molecular formula is C19H33IN4O4. The highest BCUT2D eigenvalue weighted by molar-refractivity contribution is 14.0. The maximum atomic E-state index is 11.8. The van der Waals surface area contributed by atoms with Gasteiger partial charge in [0.05, 0.1) is 25.5 Å². The van der Waals surface area contributed by atoms with E-state index in [0.717, 1.165) is 31.4 Å². The van der Waals surface area contributed by atoms with Gasteiger partial charge >= 0.3 is 6.09 Å². The number of aliphatic hydroxyl groups excluding tert-OH is 1. The highest BCUT2D eigenvalue weighted by atomic mass is 127. The Balaban J connectivity index is 0.00000392. The van der Waals surface area contributed by atoms with Crippen molar-refractivity contribution in [1.29, 1.82) is 0 Å². The predicted octanol–water partition coefficient (Wildman–Crippen LogP) is 2.37. The maximum absolute atomic E-state index is 11.8. The average Bonchev–Trinajstić information content (AvgIpc) is 3.20. The zero-order valence-electron chi connectivity index (χ0n) is 16.7. The second-order valence-electron chi connectivity index (χ2n) is 6.60. The summed E-state index contributed by atoms with van der Waals surface area (Å²) < 4.78 is 10.4. The fourth-order valence-electron chi connectivity index (χ4n) is 2.95. The summed E-state index contributed by atoms with van der Waals surface area (Å²) in [7, 11) is 0. The number of aliphatic imine (C=N–C) groups is 1. The van der Waals surface area contributed by atoms with Crippen LogP contribution in [0.3, 0.4) is 0 Å². The van der Waals surface area contributed by atoms with Crippen LogP contribution in [0, 0.1) is 0 Å². The van der Waals surface area contributed by atoms with E-state index in [1.165, 1.54) is 0 Å². The third-order valence-electron chi connectivity index (χ3n) is 4.62. The van der Waals surface area contributed by atoms with Crippen LogP contribution in [0.15, 0.2) is 27.8 Å². The van der Waals surface area contributed by atoms with Crippen LogP contribution in [-0.2, 0) is 11.2 Å². The number of hydrogen-bond donors (Lipinski definition) is 3. The van der Waals surface area contributed by atoms with Crippen molar-refractivity contribution in [2.24, 2.45) is 4.99 Å². The van der Waals surface area contributed by atoms with Gasteiger partial charge in [0.2, 0.25) is 0 Å². The SMILES string of the molecule is CCOC(=O)N1CCC(NC(=NCCc2ccco2)N[C@H](CC)CO)CC1.I. The first-order valence-electron chi connectivity index (χ1n) is 9.78. The number of nitrogens with zero attached hydrogens (tertiary/aromatic N) is 2. The zero-order chi connectivity index (χ0) is 19.5. The van der Waals surface area contributed by atoms with Crippen LogP contribution in [-0.4, -0.2) is 67.0 Å². The van der Waals surface area contributed by atoms with E-state index in [0.29, 0.717) is 32.2 Å². The first-order valence-corrected chi connectivity index (χ1v) is 9.78. The van der Waals surface area contributed by atoms with Crippen molar-refractivity contribution in [3.8, 4) is 0 Å². The van der Waals surface area contributed by atoms with Gasteiger partial charge in [-0.2, -0.15) is 0 Å². The molecule has 1 fully saturated rings. The molecular weight excluding hydrogens is 475 g/mol. The van der Waals surface area contributed by atoms with Crippen LogP contribution < -0.4 is 10.6 Å². The van der Waals surface area contributed by atoms with E-state index < -0.39 is 0 Å². The molecule has 1 amide bonds. The second-order valence-corrected chi connectivity index (χ2v) is 6.60. The van der Waals surface area contributed by atoms with E-state index >= 15 is 0 Å². The van der Waals surface area contributed by atoms with E-state index in [1.54, 1.807) is 11.2 Å². The number of furan rings is 1. The van der Waals surface area contributed by atoms with Crippen molar-refractivity contribution in [1.82, 2.24) is 15.5 Å². The standard InChI is InChI=1S/C19H32N4O4.HI/c1-3-15(14-24)21-18(20-10-7-17-6-5-13-27-17)22-16-8-11-23(12-9-16)19(25)26-4-2;/h5-6,13,15-16,24H,3-4,7-12,14H2,1-2H3,(H2,20,21,22);1H/t15-;/m1./s1. The number of likely N-dealkylation sites (tertiary alicyclic amines) is 1. The molecule has 1 aliphatic rings. The Morgan fingerprint density at radius 1 is 1.43 bits per heavy atom. The molecule has 160 valence electrons. The lowest BCUT2D eigenvalue weighted by molar-refractivity contribution is 0.0962. The normalized spacial score (nSPS) is 16.2. The fraction of sp³-hybridized carbons (Fsp3) is 0.684. The number of ether oxygens (including phenoxy) is 1. The van der Waals surface area contributed by atoms with Crippen molar-refractivity contribution in [2.75, 3.05) is 32.8 Å². The van der Waals surface area contributed by atoms with Gasteiger partial charge < -0.3 is 29.8 Å². The van der Waals surface area contributed by atoms with Gasteiger partial charge in [-0.25, -0.2) is 4.79 Å². The highest BCUT2D eigenvalue weighted by Crippen LogP contribution is 2.11. The molecule has 1 saturated heterocycles. The van der Waals surface area contributed by atoms with Crippen LogP contribution in [0.1, 0.15) is 38.9 Å². The number of amides is 1. The van der Waals surface area contributed by atoms with Gasteiger partial charge in [-0.1, -0.05) is 6.92 Å². The van der Waals surface area contributed by atoms with E-state index in [4.69, 9.17) is 9.15 Å². The molecule has 1 atom stereocenters. The van der Waals surface area contributed by atoms with Crippen LogP contribution in [0.25, 0.3) is 0 Å². The van der Waals surface area contributed by atoms with Crippen molar-refractivity contribution in [3.63, 3.8) is 0 Å². The average molecular weight is 508 g/mol. The number of rotatable bonds is 8. The molecule has 9 heteroatoms. The van der Waals surface area contributed by atoms with Crippen LogP contribution in [0.4, 0.5) is 4.79 Å². The largest absolute Gasteiger partial charge is 0.469 e. The zero-order valence-corrected chi connectivity index (χ0v) is 19.1. The summed E-state index contributed by atoms with van der Waals surface area (Å²) in [5, 5.41) is 16.2. The molecule has 0 spiro atoms. The summed E-state index contributed by atoms with van der Waals surface area (Å²) >= 11 is 0. The number of piperidine rings is 1.